The monoisotopic (exact) mass is 237 g/mol. The van der Waals surface area contributed by atoms with Gasteiger partial charge in [0.05, 0.1) is 10.6 Å². The molecule has 0 aliphatic heterocycles. The summed E-state index contributed by atoms with van der Waals surface area (Å²) in [6.07, 6.45) is 2.24. The van der Waals surface area contributed by atoms with Gasteiger partial charge in [-0.1, -0.05) is 23.7 Å². The minimum Gasteiger partial charge on any atom is -0.333 e. The largest absolute Gasteiger partial charge is 0.333 e. The Labute approximate surface area is 101 Å². The summed E-state index contributed by atoms with van der Waals surface area (Å²) in [5.41, 5.74) is 0.616. The molecule has 1 aliphatic carbocycles. The number of rotatable bonds is 3. The molecule has 0 bridgehead atoms. The van der Waals surface area contributed by atoms with Crippen molar-refractivity contribution in [1.29, 1.82) is 0 Å². The van der Waals surface area contributed by atoms with Gasteiger partial charge >= 0.3 is 0 Å². The SMILES string of the molecule is CC(C)N(C(=O)c1ccccc1Cl)C1CC1. The molecule has 1 fully saturated rings. The summed E-state index contributed by atoms with van der Waals surface area (Å²) in [5.74, 6) is 0.0584. The molecule has 0 heterocycles. The standard InChI is InChI=1S/C13H16ClNO/c1-9(2)15(10-7-8-10)13(16)11-5-3-4-6-12(11)14/h3-6,9-10H,7-8H2,1-2H3. The van der Waals surface area contributed by atoms with Crippen LogP contribution in [0.25, 0.3) is 0 Å². The molecule has 0 unspecified atom stereocenters. The number of hydrogen-bond acceptors (Lipinski definition) is 1. The summed E-state index contributed by atoms with van der Waals surface area (Å²) in [6.45, 7) is 4.10. The highest BCUT2D eigenvalue weighted by Gasteiger charge is 2.35. The van der Waals surface area contributed by atoms with Gasteiger partial charge in [-0.2, -0.15) is 0 Å². The van der Waals surface area contributed by atoms with Crippen molar-refractivity contribution >= 4 is 17.5 Å². The molecule has 3 heteroatoms. The van der Waals surface area contributed by atoms with Gasteiger partial charge in [0, 0.05) is 12.1 Å². The molecule has 0 aromatic heterocycles. The minimum atomic E-state index is 0.0584. The molecule has 2 nitrogen and oxygen atoms in total. The van der Waals surface area contributed by atoms with Crippen molar-refractivity contribution in [3.05, 3.63) is 34.9 Å². The predicted octanol–water partition coefficient (Wildman–Crippen LogP) is 3.35. The quantitative estimate of drug-likeness (QED) is 0.790. The molecule has 86 valence electrons. The van der Waals surface area contributed by atoms with E-state index in [0.717, 1.165) is 12.8 Å². The van der Waals surface area contributed by atoms with Gasteiger partial charge in [-0.05, 0) is 38.8 Å². The van der Waals surface area contributed by atoms with Crippen LogP contribution in [0, 0.1) is 0 Å². The molecule has 2 rings (SSSR count). The summed E-state index contributed by atoms with van der Waals surface area (Å²) in [5, 5.41) is 0.541. The Morgan fingerprint density at radius 2 is 2.00 bits per heavy atom. The van der Waals surface area contributed by atoms with Crippen LogP contribution in [0.4, 0.5) is 0 Å². The van der Waals surface area contributed by atoms with Gasteiger partial charge in [-0.25, -0.2) is 0 Å². The highest BCUT2D eigenvalue weighted by molar-refractivity contribution is 6.33. The fourth-order valence-electron chi connectivity index (χ4n) is 1.95. The summed E-state index contributed by atoms with van der Waals surface area (Å²) in [6, 6.07) is 7.91. The number of nitrogens with zero attached hydrogens (tertiary/aromatic N) is 1. The number of carbonyl (C=O) groups excluding carboxylic acids is 1. The molecule has 16 heavy (non-hydrogen) atoms. The van der Waals surface area contributed by atoms with E-state index in [1.165, 1.54) is 0 Å². The molecule has 1 aromatic rings. The zero-order chi connectivity index (χ0) is 11.7. The van der Waals surface area contributed by atoms with Crippen LogP contribution in [-0.2, 0) is 0 Å². The molecule has 0 N–H and O–H groups in total. The Morgan fingerprint density at radius 1 is 1.38 bits per heavy atom. The van der Waals surface area contributed by atoms with Crippen LogP contribution in [0.3, 0.4) is 0 Å². The molecule has 1 aromatic carbocycles. The van der Waals surface area contributed by atoms with Gasteiger partial charge in [0.25, 0.3) is 5.91 Å². The maximum Gasteiger partial charge on any atom is 0.255 e. The zero-order valence-electron chi connectivity index (χ0n) is 9.61. The van der Waals surface area contributed by atoms with E-state index in [2.05, 4.69) is 0 Å². The van der Waals surface area contributed by atoms with E-state index in [9.17, 15) is 4.79 Å². The van der Waals surface area contributed by atoms with Gasteiger partial charge in [0.1, 0.15) is 0 Å². The third kappa shape index (κ3) is 2.22. The van der Waals surface area contributed by atoms with Crippen LogP contribution >= 0.6 is 11.6 Å². The number of halogens is 1. The fourth-order valence-corrected chi connectivity index (χ4v) is 2.16. The second kappa shape index (κ2) is 4.46. The summed E-state index contributed by atoms with van der Waals surface area (Å²) < 4.78 is 0. The lowest BCUT2D eigenvalue weighted by atomic mass is 10.1. The van der Waals surface area contributed by atoms with Crippen LogP contribution in [0.2, 0.25) is 5.02 Å². The van der Waals surface area contributed by atoms with E-state index in [1.54, 1.807) is 12.1 Å². The summed E-state index contributed by atoms with van der Waals surface area (Å²) in [4.78, 5) is 14.3. The van der Waals surface area contributed by atoms with E-state index in [1.807, 2.05) is 30.9 Å². The third-order valence-electron chi connectivity index (χ3n) is 2.84. The normalized spacial score (nSPS) is 15.2. The molecule has 0 saturated heterocycles. The number of carbonyl (C=O) groups is 1. The maximum absolute atomic E-state index is 12.3. The predicted molar refractivity (Wildman–Crippen MR) is 65.8 cm³/mol. The van der Waals surface area contributed by atoms with Crippen LogP contribution in [0.5, 0.6) is 0 Å². The van der Waals surface area contributed by atoms with Crippen molar-refractivity contribution in [3.63, 3.8) is 0 Å². The average Bonchev–Trinajstić information content (AvgIpc) is 3.02. The lowest BCUT2D eigenvalue weighted by molar-refractivity contribution is 0.0690. The number of benzene rings is 1. The Morgan fingerprint density at radius 3 is 2.50 bits per heavy atom. The van der Waals surface area contributed by atoms with Crippen LogP contribution < -0.4 is 0 Å². The lowest BCUT2D eigenvalue weighted by Gasteiger charge is -2.27. The van der Waals surface area contributed by atoms with E-state index < -0.39 is 0 Å². The zero-order valence-corrected chi connectivity index (χ0v) is 10.4. The summed E-state index contributed by atoms with van der Waals surface area (Å²) in [7, 11) is 0. The Balaban J connectivity index is 2.26. The topological polar surface area (TPSA) is 20.3 Å². The molecular weight excluding hydrogens is 222 g/mol. The van der Waals surface area contributed by atoms with Gasteiger partial charge in [0.2, 0.25) is 0 Å². The second-order valence-corrected chi connectivity index (χ2v) is 4.92. The number of hydrogen-bond donors (Lipinski definition) is 0. The third-order valence-corrected chi connectivity index (χ3v) is 3.16. The molecule has 1 aliphatic rings. The molecule has 1 saturated carbocycles. The molecule has 1 amide bonds. The molecule has 0 atom stereocenters. The van der Waals surface area contributed by atoms with Gasteiger partial charge in [-0.15, -0.1) is 0 Å². The first kappa shape index (κ1) is 11.5. The lowest BCUT2D eigenvalue weighted by Crippen LogP contribution is -2.38. The van der Waals surface area contributed by atoms with E-state index in [4.69, 9.17) is 11.6 Å². The van der Waals surface area contributed by atoms with Crippen LogP contribution in [0.15, 0.2) is 24.3 Å². The Bertz CT molecular complexity index is 397. The number of amides is 1. The highest BCUT2D eigenvalue weighted by atomic mass is 35.5. The Kier molecular flexibility index (Phi) is 3.20. The van der Waals surface area contributed by atoms with Crippen molar-refractivity contribution in [2.75, 3.05) is 0 Å². The second-order valence-electron chi connectivity index (χ2n) is 4.52. The molecule has 0 spiro atoms. The van der Waals surface area contributed by atoms with E-state index in [-0.39, 0.29) is 11.9 Å². The van der Waals surface area contributed by atoms with E-state index in [0.29, 0.717) is 16.6 Å². The Hall–Kier alpha value is -1.02. The van der Waals surface area contributed by atoms with Crippen LogP contribution in [-0.4, -0.2) is 22.9 Å². The smallest absolute Gasteiger partial charge is 0.255 e. The average molecular weight is 238 g/mol. The minimum absolute atomic E-state index is 0.0584. The van der Waals surface area contributed by atoms with Crippen molar-refractivity contribution in [1.82, 2.24) is 4.90 Å². The molecular formula is C13H16ClNO. The highest BCUT2D eigenvalue weighted by Crippen LogP contribution is 2.31. The van der Waals surface area contributed by atoms with Crippen LogP contribution in [0.1, 0.15) is 37.0 Å². The first-order valence-electron chi connectivity index (χ1n) is 5.68. The van der Waals surface area contributed by atoms with Crippen molar-refractivity contribution in [3.8, 4) is 0 Å². The molecule has 0 radical (unpaired) electrons. The first-order valence-corrected chi connectivity index (χ1v) is 6.06. The van der Waals surface area contributed by atoms with Gasteiger partial charge in [0.15, 0.2) is 0 Å². The maximum atomic E-state index is 12.3. The van der Waals surface area contributed by atoms with E-state index >= 15 is 0 Å². The van der Waals surface area contributed by atoms with Crippen molar-refractivity contribution in [2.24, 2.45) is 0 Å². The van der Waals surface area contributed by atoms with Gasteiger partial charge < -0.3 is 4.90 Å². The van der Waals surface area contributed by atoms with Crippen molar-refractivity contribution < 1.29 is 4.79 Å². The summed E-state index contributed by atoms with van der Waals surface area (Å²) >= 11 is 6.05. The fraction of sp³-hybridized carbons (Fsp3) is 0.462. The first-order chi connectivity index (χ1) is 7.61. The van der Waals surface area contributed by atoms with Crippen molar-refractivity contribution in [2.45, 2.75) is 38.8 Å². The van der Waals surface area contributed by atoms with Gasteiger partial charge in [-0.3, -0.25) is 4.79 Å².